The third-order valence-electron chi connectivity index (χ3n) is 4.24. The maximum absolute atomic E-state index is 12.8. The second-order valence-corrected chi connectivity index (χ2v) is 8.20. The number of sulfonamides is 1. The lowest BCUT2D eigenvalue weighted by molar-refractivity contribution is -0.127. The van der Waals surface area contributed by atoms with Crippen molar-refractivity contribution >= 4 is 32.8 Å². The standard InChI is InChI=1S/C17H22N6O5S/c1-5-22(6-2)29(25,26)13-7-8-14-15(10-13)23(21-19-14)28-12(4)17(24)18-16-9-11(3)27-20-16/h7-10,12H,5-6H2,1-4H3,(H,18,20,24)/t12-/m1/s1. The minimum atomic E-state index is -3.66. The zero-order valence-electron chi connectivity index (χ0n) is 16.5. The van der Waals surface area contributed by atoms with Gasteiger partial charge in [-0.2, -0.15) is 4.31 Å². The summed E-state index contributed by atoms with van der Waals surface area (Å²) in [5, 5.41) is 14.0. The van der Waals surface area contributed by atoms with E-state index in [2.05, 4.69) is 20.8 Å². The molecule has 0 fully saturated rings. The smallest absolute Gasteiger partial charge is 0.269 e. The molecule has 2 aromatic heterocycles. The predicted molar refractivity (Wildman–Crippen MR) is 104 cm³/mol. The van der Waals surface area contributed by atoms with E-state index in [1.165, 1.54) is 23.4 Å². The van der Waals surface area contributed by atoms with E-state index in [1.807, 2.05) is 0 Å². The maximum atomic E-state index is 12.8. The van der Waals surface area contributed by atoms with Gasteiger partial charge in [-0.05, 0) is 37.3 Å². The van der Waals surface area contributed by atoms with Gasteiger partial charge in [-0.3, -0.25) is 4.79 Å². The van der Waals surface area contributed by atoms with Crippen LogP contribution in [0.4, 0.5) is 5.82 Å². The highest BCUT2D eigenvalue weighted by molar-refractivity contribution is 7.89. The number of carbonyl (C=O) groups excluding carboxylic acids is 1. The fraction of sp³-hybridized carbons (Fsp3) is 0.412. The van der Waals surface area contributed by atoms with Crippen molar-refractivity contribution < 1.29 is 22.6 Å². The topological polar surface area (TPSA) is 132 Å². The van der Waals surface area contributed by atoms with E-state index in [0.29, 0.717) is 29.9 Å². The zero-order valence-corrected chi connectivity index (χ0v) is 17.3. The first-order valence-corrected chi connectivity index (χ1v) is 10.5. The van der Waals surface area contributed by atoms with E-state index in [4.69, 9.17) is 9.36 Å². The first-order chi connectivity index (χ1) is 13.8. The molecule has 0 bridgehead atoms. The van der Waals surface area contributed by atoms with Gasteiger partial charge >= 0.3 is 0 Å². The second-order valence-electron chi connectivity index (χ2n) is 6.26. The highest BCUT2D eigenvalue weighted by atomic mass is 32.2. The zero-order chi connectivity index (χ0) is 21.2. The van der Waals surface area contributed by atoms with E-state index in [9.17, 15) is 13.2 Å². The Hall–Kier alpha value is -2.99. The minimum absolute atomic E-state index is 0.0935. The number of nitrogens with one attached hydrogen (secondary N) is 1. The summed E-state index contributed by atoms with van der Waals surface area (Å²) in [6, 6.07) is 6.01. The Kier molecular flexibility index (Phi) is 5.84. The van der Waals surface area contributed by atoms with Crippen molar-refractivity contribution in [2.75, 3.05) is 18.4 Å². The van der Waals surface area contributed by atoms with E-state index in [-0.39, 0.29) is 10.7 Å². The van der Waals surface area contributed by atoms with E-state index in [1.54, 1.807) is 32.9 Å². The van der Waals surface area contributed by atoms with Crippen LogP contribution < -0.4 is 10.2 Å². The highest BCUT2D eigenvalue weighted by Crippen LogP contribution is 2.20. The second kappa shape index (κ2) is 8.17. The molecule has 0 saturated heterocycles. The number of rotatable bonds is 8. The molecule has 3 rings (SSSR count). The number of benzene rings is 1. The molecule has 1 aromatic carbocycles. The molecule has 1 N–H and O–H groups in total. The number of anilines is 1. The van der Waals surface area contributed by atoms with Crippen molar-refractivity contribution in [3.63, 3.8) is 0 Å². The summed E-state index contributed by atoms with van der Waals surface area (Å²) in [6.07, 6.45) is -0.958. The average Bonchev–Trinajstić information content (AvgIpc) is 3.28. The number of hydrogen-bond acceptors (Lipinski definition) is 8. The summed E-state index contributed by atoms with van der Waals surface area (Å²) < 4.78 is 31.8. The first kappa shape index (κ1) is 20.7. The van der Waals surface area contributed by atoms with Gasteiger partial charge in [-0.25, -0.2) is 8.42 Å². The Bertz CT molecular complexity index is 1120. The number of aromatic nitrogens is 4. The summed E-state index contributed by atoms with van der Waals surface area (Å²) in [5.41, 5.74) is 0.762. The largest absolute Gasteiger partial charge is 0.382 e. The summed E-state index contributed by atoms with van der Waals surface area (Å²) >= 11 is 0. The van der Waals surface area contributed by atoms with E-state index in [0.717, 1.165) is 4.85 Å². The minimum Gasteiger partial charge on any atom is -0.382 e. The van der Waals surface area contributed by atoms with Crippen LogP contribution >= 0.6 is 0 Å². The van der Waals surface area contributed by atoms with Gasteiger partial charge in [0.2, 0.25) is 16.1 Å². The van der Waals surface area contributed by atoms with E-state index >= 15 is 0 Å². The SMILES string of the molecule is CCN(CC)S(=O)(=O)c1ccc2nnn(O[C@H](C)C(=O)Nc3cc(C)on3)c2c1. The monoisotopic (exact) mass is 422 g/mol. The normalized spacial score (nSPS) is 13.0. The maximum Gasteiger partial charge on any atom is 0.269 e. The number of amides is 1. The van der Waals surface area contributed by atoms with Crippen LogP contribution in [0.2, 0.25) is 0 Å². The summed E-state index contributed by atoms with van der Waals surface area (Å²) in [7, 11) is -3.66. The van der Waals surface area contributed by atoms with Gasteiger partial charge in [0.25, 0.3) is 5.91 Å². The van der Waals surface area contributed by atoms with Crippen LogP contribution in [0.3, 0.4) is 0 Å². The summed E-state index contributed by atoms with van der Waals surface area (Å²) in [5.74, 6) is 0.339. The molecule has 0 aliphatic carbocycles. The fourth-order valence-electron chi connectivity index (χ4n) is 2.68. The van der Waals surface area contributed by atoms with Gasteiger partial charge < -0.3 is 14.7 Å². The molecule has 0 spiro atoms. The van der Waals surface area contributed by atoms with Crippen LogP contribution in [0.1, 0.15) is 26.5 Å². The van der Waals surface area contributed by atoms with Crippen LogP contribution in [0.5, 0.6) is 0 Å². The predicted octanol–water partition coefficient (Wildman–Crippen LogP) is 1.21. The lowest BCUT2D eigenvalue weighted by Crippen LogP contribution is -2.35. The molecule has 2 heterocycles. The molecule has 3 aromatic rings. The number of carbonyl (C=O) groups is 1. The molecule has 0 saturated carbocycles. The van der Waals surface area contributed by atoms with Crippen LogP contribution in [-0.2, 0) is 14.8 Å². The average molecular weight is 422 g/mol. The number of nitrogens with zero attached hydrogens (tertiary/aromatic N) is 5. The van der Waals surface area contributed by atoms with Gasteiger partial charge in [0.1, 0.15) is 16.8 Å². The molecule has 1 atom stereocenters. The Morgan fingerprint density at radius 1 is 1.31 bits per heavy atom. The first-order valence-electron chi connectivity index (χ1n) is 9.03. The Morgan fingerprint density at radius 3 is 2.66 bits per heavy atom. The Morgan fingerprint density at radius 2 is 2.03 bits per heavy atom. The van der Waals surface area contributed by atoms with Crippen LogP contribution in [0.15, 0.2) is 33.7 Å². The van der Waals surface area contributed by atoms with Crippen molar-refractivity contribution in [3.05, 3.63) is 30.0 Å². The van der Waals surface area contributed by atoms with Crippen LogP contribution in [-0.4, -0.2) is 58.1 Å². The van der Waals surface area contributed by atoms with Gasteiger partial charge in [0.15, 0.2) is 5.82 Å². The quantitative estimate of drug-likeness (QED) is 0.573. The van der Waals surface area contributed by atoms with Crippen LogP contribution in [0.25, 0.3) is 11.0 Å². The molecular weight excluding hydrogens is 400 g/mol. The molecule has 0 unspecified atom stereocenters. The Balaban J connectivity index is 1.83. The van der Waals surface area contributed by atoms with Gasteiger partial charge in [0.05, 0.1) is 4.90 Å². The lowest BCUT2D eigenvalue weighted by Gasteiger charge is -2.18. The van der Waals surface area contributed by atoms with Crippen molar-refractivity contribution in [2.24, 2.45) is 0 Å². The lowest BCUT2D eigenvalue weighted by atomic mass is 10.3. The van der Waals surface area contributed by atoms with Crippen molar-refractivity contribution in [3.8, 4) is 0 Å². The molecule has 0 radical (unpaired) electrons. The van der Waals surface area contributed by atoms with Crippen LogP contribution in [0, 0.1) is 6.92 Å². The summed E-state index contributed by atoms with van der Waals surface area (Å²) in [4.78, 5) is 19.0. The highest BCUT2D eigenvalue weighted by Gasteiger charge is 2.24. The molecule has 156 valence electrons. The molecule has 11 nitrogen and oxygen atoms in total. The third-order valence-corrected chi connectivity index (χ3v) is 6.28. The Labute approximate surface area is 167 Å². The molecule has 29 heavy (non-hydrogen) atoms. The number of hydrogen-bond donors (Lipinski definition) is 1. The fourth-order valence-corrected chi connectivity index (χ4v) is 4.16. The molecule has 12 heteroatoms. The van der Waals surface area contributed by atoms with Crippen molar-refractivity contribution in [1.29, 1.82) is 0 Å². The number of aryl methyl sites for hydroxylation is 1. The van der Waals surface area contributed by atoms with Gasteiger partial charge in [-0.1, -0.05) is 23.8 Å². The molecule has 1 amide bonds. The molecule has 0 aliphatic rings. The third kappa shape index (κ3) is 4.22. The molecule has 0 aliphatic heterocycles. The van der Waals surface area contributed by atoms with Crippen molar-refractivity contribution in [1.82, 2.24) is 24.6 Å². The molecular formula is C17H22N6O5S. The van der Waals surface area contributed by atoms with Crippen molar-refractivity contribution in [2.45, 2.75) is 38.7 Å². The van der Waals surface area contributed by atoms with Gasteiger partial charge in [-0.15, -0.1) is 5.10 Å². The number of fused-ring (bicyclic) bond motifs is 1. The summed E-state index contributed by atoms with van der Waals surface area (Å²) in [6.45, 7) is 7.46. The van der Waals surface area contributed by atoms with Gasteiger partial charge in [0, 0.05) is 19.2 Å². The van der Waals surface area contributed by atoms with E-state index < -0.39 is 22.0 Å².